The summed E-state index contributed by atoms with van der Waals surface area (Å²) in [5.74, 6) is 0. The lowest BCUT2D eigenvalue weighted by Crippen LogP contribution is -2.29. The first-order valence-electron chi connectivity index (χ1n) is 5.83. The zero-order chi connectivity index (χ0) is 13.6. The highest BCUT2D eigenvalue weighted by Gasteiger charge is 2.16. The van der Waals surface area contributed by atoms with Gasteiger partial charge in [0.2, 0.25) is 0 Å². The molecule has 5 nitrogen and oxygen atoms in total. The van der Waals surface area contributed by atoms with E-state index in [9.17, 15) is 8.42 Å². The number of nitrogens with one attached hydrogen (secondary N) is 1. The lowest BCUT2D eigenvalue weighted by Gasteiger charge is -2.17. The van der Waals surface area contributed by atoms with Crippen LogP contribution in [0.4, 0.5) is 0 Å². The minimum absolute atomic E-state index is 0.162. The quantitative estimate of drug-likeness (QED) is 0.744. The fraction of sp³-hybridized carbons (Fsp3) is 0.700. The van der Waals surface area contributed by atoms with Gasteiger partial charge in [-0.1, -0.05) is 36.8 Å². The monoisotopic (exact) mass is 311 g/mol. The first-order chi connectivity index (χ1) is 8.49. The Labute approximate surface area is 117 Å². The minimum atomic E-state index is -3.45. The predicted molar refractivity (Wildman–Crippen MR) is 74.7 cm³/mol. The van der Waals surface area contributed by atoms with E-state index in [1.54, 1.807) is 0 Å². The van der Waals surface area contributed by atoms with Crippen molar-refractivity contribution in [2.75, 3.05) is 26.2 Å². The molecule has 104 valence electrons. The van der Waals surface area contributed by atoms with Crippen LogP contribution >= 0.6 is 22.9 Å². The van der Waals surface area contributed by atoms with Crippen LogP contribution < -0.4 is 4.72 Å². The Morgan fingerprint density at radius 1 is 1.44 bits per heavy atom. The van der Waals surface area contributed by atoms with Crippen LogP contribution in [0.25, 0.3) is 0 Å². The summed E-state index contributed by atoms with van der Waals surface area (Å²) < 4.78 is 26.6. The molecule has 0 aliphatic carbocycles. The molecule has 1 aromatic rings. The van der Waals surface area contributed by atoms with Crippen molar-refractivity contribution in [2.45, 2.75) is 24.5 Å². The van der Waals surface area contributed by atoms with Gasteiger partial charge in [-0.15, -0.1) is 0 Å². The topological polar surface area (TPSA) is 62.3 Å². The van der Waals surface area contributed by atoms with Gasteiger partial charge in [0, 0.05) is 6.54 Å². The maximum Gasteiger partial charge on any atom is 0.251 e. The van der Waals surface area contributed by atoms with Crippen LogP contribution in [0.2, 0.25) is 4.47 Å². The van der Waals surface area contributed by atoms with Crippen LogP contribution in [0, 0.1) is 0 Å². The maximum absolute atomic E-state index is 11.8. The van der Waals surface area contributed by atoms with Gasteiger partial charge < -0.3 is 4.90 Å². The largest absolute Gasteiger partial charge is 0.304 e. The second-order valence-corrected chi connectivity index (χ2v) is 7.32. The number of hydrogen-bond acceptors (Lipinski definition) is 5. The lowest BCUT2D eigenvalue weighted by molar-refractivity contribution is 0.300. The van der Waals surface area contributed by atoms with Gasteiger partial charge >= 0.3 is 0 Å². The first-order valence-corrected chi connectivity index (χ1v) is 8.50. The first kappa shape index (κ1) is 15.8. The molecule has 0 aliphatic heterocycles. The smallest absolute Gasteiger partial charge is 0.251 e. The molecule has 1 aromatic heterocycles. The van der Waals surface area contributed by atoms with Gasteiger partial charge in [-0.3, -0.25) is 0 Å². The third-order valence-electron chi connectivity index (χ3n) is 2.56. The molecule has 1 rings (SSSR count). The van der Waals surface area contributed by atoms with E-state index < -0.39 is 10.0 Å². The summed E-state index contributed by atoms with van der Waals surface area (Å²) in [5.41, 5.74) is 0. The van der Waals surface area contributed by atoms with Gasteiger partial charge in [-0.05, 0) is 26.1 Å². The van der Waals surface area contributed by atoms with Crippen molar-refractivity contribution in [3.63, 3.8) is 0 Å². The Morgan fingerprint density at radius 3 is 2.61 bits per heavy atom. The third-order valence-corrected chi connectivity index (χ3v) is 5.60. The molecule has 8 heteroatoms. The molecule has 0 aromatic carbocycles. The average Bonchev–Trinajstić information content (AvgIpc) is 2.77. The van der Waals surface area contributed by atoms with Crippen LogP contribution in [0.5, 0.6) is 0 Å². The molecule has 0 saturated heterocycles. The van der Waals surface area contributed by atoms with E-state index >= 15 is 0 Å². The fourth-order valence-corrected chi connectivity index (χ4v) is 3.90. The van der Waals surface area contributed by atoms with Crippen molar-refractivity contribution >= 4 is 33.0 Å². The van der Waals surface area contributed by atoms with E-state index in [-0.39, 0.29) is 8.68 Å². The number of hydrogen-bond donors (Lipinski definition) is 1. The zero-order valence-electron chi connectivity index (χ0n) is 10.5. The van der Waals surface area contributed by atoms with E-state index in [0.29, 0.717) is 6.54 Å². The number of rotatable bonds is 8. The molecule has 0 bridgehead atoms. The molecule has 0 atom stereocenters. The average molecular weight is 312 g/mol. The SMILES string of the molecule is CCN(CC)CCCNS(=O)(=O)c1cnc(Cl)s1. The molecule has 0 aliphatic rings. The van der Waals surface area contributed by atoms with Crippen LogP contribution in [0.15, 0.2) is 10.4 Å². The summed E-state index contributed by atoms with van der Waals surface area (Å²) in [5, 5.41) is 0. The summed E-state index contributed by atoms with van der Waals surface area (Å²) in [6.45, 7) is 7.45. The van der Waals surface area contributed by atoms with E-state index in [0.717, 1.165) is 37.4 Å². The Morgan fingerprint density at radius 2 is 2.11 bits per heavy atom. The highest BCUT2D eigenvalue weighted by Crippen LogP contribution is 2.21. The van der Waals surface area contributed by atoms with Crippen molar-refractivity contribution in [3.8, 4) is 0 Å². The molecule has 0 saturated carbocycles. The normalized spacial score (nSPS) is 12.2. The Hall–Kier alpha value is -0.210. The second kappa shape index (κ2) is 7.40. The molecule has 18 heavy (non-hydrogen) atoms. The van der Waals surface area contributed by atoms with Gasteiger partial charge in [0.1, 0.15) is 0 Å². The third kappa shape index (κ3) is 4.81. The van der Waals surface area contributed by atoms with Crippen LogP contribution in [-0.2, 0) is 10.0 Å². The number of halogens is 1. The Kier molecular flexibility index (Phi) is 6.51. The second-order valence-electron chi connectivity index (χ2n) is 3.71. The van der Waals surface area contributed by atoms with Gasteiger partial charge in [-0.2, -0.15) is 0 Å². The van der Waals surface area contributed by atoms with Crippen molar-refractivity contribution in [3.05, 3.63) is 10.7 Å². The van der Waals surface area contributed by atoms with Gasteiger partial charge in [0.25, 0.3) is 10.0 Å². The van der Waals surface area contributed by atoms with Gasteiger partial charge in [0.15, 0.2) is 8.68 Å². The van der Waals surface area contributed by atoms with Crippen molar-refractivity contribution in [1.29, 1.82) is 0 Å². The molecule has 1 N–H and O–H groups in total. The fourth-order valence-electron chi connectivity index (χ4n) is 1.48. The van der Waals surface area contributed by atoms with Crippen LogP contribution in [0.1, 0.15) is 20.3 Å². The van der Waals surface area contributed by atoms with E-state index in [1.165, 1.54) is 6.20 Å². The van der Waals surface area contributed by atoms with Crippen molar-refractivity contribution in [2.24, 2.45) is 0 Å². The summed E-state index contributed by atoms with van der Waals surface area (Å²) in [6, 6.07) is 0. The Bertz CT molecular complexity index is 457. The van der Waals surface area contributed by atoms with E-state index in [1.807, 2.05) is 0 Å². The molecule has 0 amide bonds. The van der Waals surface area contributed by atoms with Gasteiger partial charge in [-0.25, -0.2) is 18.1 Å². The van der Waals surface area contributed by atoms with Crippen molar-refractivity contribution < 1.29 is 8.42 Å². The standard InChI is InChI=1S/C10H18ClN3O2S2/c1-3-14(4-2)7-5-6-13-18(15,16)9-8-12-10(11)17-9/h8,13H,3-7H2,1-2H3. The number of aromatic nitrogens is 1. The van der Waals surface area contributed by atoms with Crippen molar-refractivity contribution in [1.82, 2.24) is 14.6 Å². The van der Waals surface area contributed by atoms with E-state index in [2.05, 4.69) is 28.5 Å². The predicted octanol–water partition coefficient (Wildman–Crippen LogP) is 1.81. The molecular weight excluding hydrogens is 294 g/mol. The Balaban J connectivity index is 2.39. The number of nitrogens with zero attached hydrogens (tertiary/aromatic N) is 2. The highest BCUT2D eigenvalue weighted by molar-refractivity contribution is 7.91. The molecule has 0 fully saturated rings. The molecule has 1 heterocycles. The maximum atomic E-state index is 11.8. The molecular formula is C10H18ClN3O2S2. The van der Waals surface area contributed by atoms with E-state index in [4.69, 9.17) is 11.6 Å². The molecule has 0 unspecified atom stereocenters. The molecule has 0 radical (unpaired) electrons. The lowest BCUT2D eigenvalue weighted by atomic mass is 10.4. The highest BCUT2D eigenvalue weighted by atomic mass is 35.5. The number of thiazole rings is 1. The number of sulfonamides is 1. The summed E-state index contributed by atoms with van der Waals surface area (Å²) in [7, 11) is -3.45. The zero-order valence-corrected chi connectivity index (χ0v) is 12.9. The van der Waals surface area contributed by atoms with Crippen LogP contribution in [-0.4, -0.2) is 44.5 Å². The van der Waals surface area contributed by atoms with Gasteiger partial charge in [0.05, 0.1) is 6.20 Å². The summed E-state index contributed by atoms with van der Waals surface area (Å²) in [4.78, 5) is 5.97. The summed E-state index contributed by atoms with van der Waals surface area (Å²) in [6.07, 6.45) is 2.06. The minimum Gasteiger partial charge on any atom is -0.304 e. The summed E-state index contributed by atoms with van der Waals surface area (Å²) >= 11 is 6.58. The molecule has 0 spiro atoms. The van der Waals surface area contributed by atoms with Crippen LogP contribution in [0.3, 0.4) is 0 Å².